The maximum atomic E-state index is 13.8. The lowest BCUT2D eigenvalue weighted by Gasteiger charge is -2.25. The molecule has 0 bridgehead atoms. The average molecular weight is 425 g/mol. The van der Waals surface area contributed by atoms with Crippen LogP contribution < -0.4 is 5.43 Å². The third-order valence-corrected chi connectivity index (χ3v) is 5.33. The number of amides is 1. The normalized spacial score (nSPS) is 15.7. The summed E-state index contributed by atoms with van der Waals surface area (Å²) in [6.45, 7) is 1.02. The second-order valence-corrected chi connectivity index (χ2v) is 7.72. The molecule has 0 N–H and O–H groups in total. The van der Waals surface area contributed by atoms with Crippen molar-refractivity contribution in [2.24, 2.45) is 0 Å². The molecule has 8 nitrogen and oxygen atoms in total. The van der Waals surface area contributed by atoms with Gasteiger partial charge in [-0.1, -0.05) is 12.1 Å². The molecule has 4 rings (SSSR count). The Morgan fingerprint density at radius 1 is 1.19 bits per heavy atom. The van der Waals surface area contributed by atoms with Crippen molar-refractivity contribution in [1.29, 1.82) is 0 Å². The van der Waals surface area contributed by atoms with Crippen LogP contribution in [0.25, 0.3) is 11.0 Å². The molecule has 1 amide bonds. The Morgan fingerprint density at radius 3 is 2.68 bits per heavy atom. The minimum Gasteiger partial charge on any atom is -0.450 e. The smallest absolute Gasteiger partial charge is 0.290 e. The van der Waals surface area contributed by atoms with Gasteiger partial charge in [0.1, 0.15) is 11.4 Å². The van der Waals surface area contributed by atoms with E-state index >= 15 is 0 Å². The van der Waals surface area contributed by atoms with E-state index in [1.54, 1.807) is 6.07 Å². The molecule has 31 heavy (non-hydrogen) atoms. The van der Waals surface area contributed by atoms with Gasteiger partial charge >= 0.3 is 0 Å². The highest BCUT2D eigenvalue weighted by molar-refractivity contribution is 5.99. The van der Waals surface area contributed by atoms with Crippen molar-refractivity contribution in [1.82, 2.24) is 9.80 Å². The first-order valence-electron chi connectivity index (χ1n) is 9.74. The molecular formula is C22H20FN3O5. The van der Waals surface area contributed by atoms with Gasteiger partial charge in [0.15, 0.2) is 5.43 Å². The topological polar surface area (TPSA) is 96.9 Å². The summed E-state index contributed by atoms with van der Waals surface area (Å²) in [6, 6.07) is 8.53. The number of hydrogen-bond donors (Lipinski definition) is 0. The zero-order valence-electron chi connectivity index (χ0n) is 17.0. The summed E-state index contributed by atoms with van der Waals surface area (Å²) in [6.07, 6.45) is 0.625. The van der Waals surface area contributed by atoms with Gasteiger partial charge in [-0.3, -0.25) is 19.7 Å². The van der Waals surface area contributed by atoms with Gasteiger partial charge < -0.3 is 14.2 Å². The van der Waals surface area contributed by atoms with Gasteiger partial charge in [-0.05, 0) is 50.8 Å². The second kappa shape index (κ2) is 7.92. The highest BCUT2D eigenvalue weighted by Crippen LogP contribution is 2.39. The van der Waals surface area contributed by atoms with Gasteiger partial charge in [0, 0.05) is 18.7 Å². The van der Waals surface area contributed by atoms with Crippen LogP contribution in [-0.2, 0) is 0 Å². The third-order valence-electron chi connectivity index (χ3n) is 5.33. The predicted octanol–water partition coefficient (Wildman–Crippen LogP) is 3.34. The fourth-order valence-corrected chi connectivity index (χ4v) is 3.94. The minimum atomic E-state index is -0.853. The molecule has 1 aliphatic heterocycles. The van der Waals surface area contributed by atoms with Crippen LogP contribution in [0.4, 0.5) is 10.1 Å². The zero-order valence-corrected chi connectivity index (χ0v) is 17.0. The molecule has 1 atom stereocenters. The zero-order chi connectivity index (χ0) is 22.3. The van der Waals surface area contributed by atoms with Crippen molar-refractivity contribution in [2.45, 2.75) is 12.5 Å². The Morgan fingerprint density at radius 2 is 1.97 bits per heavy atom. The average Bonchev–Trinajstić information content (AvgIpc) is 3.01. The van der Waals surface area contributed by atoms with Crippen molar-refractivity contribution in [3.63, 3.8) is 0 Å². The Bertz CT molecular complexity index is 1250. The van der Waals surface area contributed by atoms with Gasteiger partial charge in [0.05, 0.1) is 21.9 Å². The van der Waals surface area contributed by atoms with Gasteiger partial charge in [-0.25, -0.2) is 4.39 Å². The van der Waals surface area contributed by atoms with Gasteiger partial charge in [-0.15, -0.1) is 0 Å². The van der Waals surface area contributed by atoms with E-state index in [1.165, 1.54) is 29.2 Å². The van der Waals surface area contributed by atoms with Crippen LogP contribution in [0.3, 0.4) is 0 Å². The van der Waals surface area contributed by atoms with Crippen LogP contribution in [0.15, 0.2) is 51.7 Å². The summed E-state index contributed by atoms with van der Waals surface area (Å²) < 4.78 is 19.5. The highest BCUT2D eigenvalue weighted by Gasteiger charge is 2.42. The predicted molar refractivity (Wildman–Crippen MR) is 112 cm³/mol. The molecule has 3 aromatic rings. The summed E-state index contributed by atoms with van der Waals surface area (Å²) in [7, 11) is 3.82. The quantitative estimate of drug-likeness (QED) is 0.444. The maximum Gasteiger partial charge on any atom is 0.290 e. The van der Waals surface area contributed by atoms with Crippen molar-refractivity contribution < 1.29 is 18.5 Å². The molecule has 1 aliphatic rings. The van der Waals surface area contributed by atoms with E-state index in [1.807, 2.05) is 19.0 Å². The maximum absolute atomic E-state index is 13.8. The van der Waals surface area contributed by atoms with E-state index in [0.29, 0.717) is 25.1 Å². The molecule has 1 unspecified atom stereocenters. The molecule has 0 aliphatic carbocycles. The number of nitrogens with zero attached hydrogens (tertiary/aromatic N) is 3. The SMILES string of the molecule is CN(C)CCCN1C(=O)c2oc3ccc(F)cc3c(=O)c2C1c1cccc([N+](=O)[O-])c1. The van der Waals surface area contributed by atoms with Crippen molar-refractivity contribution in [3.05, 3.63) is 85.5 Å². The van der Waals surface area contributed by atoms with Crippen LogP contribution >= 0.6 is 0 Å². The van der Waals surface area contributed by atoms with E-state index in [9.17, 15) is 24.1 Å². The Balaban J connectivity index is 1.90. The summed E-state index contributed by atoms with van der Waals surface area (Å²) in [4.78, 5) is 40.7. The van der Waals surface area contributed by atoms with Gasteiger partial charge in [0.2, 0.25) is 5.76 Å². The largest absolute Gasteiger partial charge is 0.450 e. The van der Waals surface area contributed by atoms with Crippen molar-refractivity contribution >= 4 is 22.6 Å². The number of carbonyl (C=O) groups is 1. The van der Waals surface area contributed by atoms with E-state index in [4.69, 9.17) is 4.42 Å². The van der Waals surface area contributed by atoms with Crippen LogP contribution in [0.5, 0.6) is 0 Å². The molecular weight excluding hydrogens is 405 g/mol. The molecule has 2 heterocycles. The molecule has 0 saturated heterocycles. The molecule has 0 fully saturated rings. The summed E-state index contributed by atoms with van der Waals surface area (Å²) >= 11 is 0. The fourth-order valence-electron chi connectivity index (χ4n) is 3.94. The molecule has 0 spiro atoms. The van der Waals surface area contributed by atoms with Crippen LogP contribution in [0.2, 0.25) is 0 Å². The number of non-ortho nitro benzene ring substituents is 1. The number of rotatable bonds is 6. The lowest BCUT2D eigenvalue weighted by atomic mass is 9.98. The molecule has 160 valence electrons. The Labute approximate surface area is 176 Å². The van der Waals surface area contributed by atoms with Crippen molar-refractivity contribution in [2.75, 3.05) is 27.2 Å². The number of hydrogen-bond acceptors (Lipinski definition) is 6. The lowest BCUT2D eigenvalue weighted by molar-refractivity contribution is -0.384. The standard InChI is InChI=1S/C22H20FN3O5/c1-24(2)9-4-10-25-19(13-5-3-6-15(11-13)26(29)30)18-20(27)16-12-14(23)7-8-17(16)31-21(18)22(25)28/h3,5-8,11-12,19H,4,9-10H2,1-2H3. The lowest BCUT2D eigenvalue weighted by Crippen LogP contribution is -2.32. The van der Waals surface area contributed by atoms with Gasteiger partial charge in [0.25, 0.3) is 11.6 Å². The number of halogens is 1. The first kappa shape index (κ1) is 20.7. The fraction of sp³-hybridized carbons (Fsp3) is 0.273. The highest BCUT2D eigenvalue weighted by atomic mass is 19.1. The van der Waals surface area contributed by atoms with E-state index in [-0.39, 0.29) is 28.0 Å². The Kier molecular flexibility index (Phi) is 5.28. The molecule has 0 radical (unpaired) electrons. The number of carbonyl (C=O) groups excluding carboxylic acids is 1. The minimum absolute atomic E-state index is 0.0251. The number of fused-ring (bicyclic) bond motifs is 2. The summed E-state index contributed by atoms with van der Waals surface area (Å²) in [5.74, 6) is -1.17. The monoisotopic (exact) mass is 425 g/mol. The number of nitro groups is 1. The van der Waals surface area contributed by atoms with Crippen LogP contribution in [-0.4, -0.2) is 47.8 Å². The second-order valence-electron chi connectivity index (χ2n) is 7.72. The van der Waals surface area contributed by atoms with Crippen LogP contribution in [0, 0.1) is 15.9 Å². The van der Waals surface area contributed by atoms with E-state index in [0.717, 1.165) is 12.1 Å². The Hall–Kier alpha value is -3.59. The molecule has 9 heteroatoms. The molecule has 2 aromatic carbocycles. The summed E-state index contributed by atoms with van der Waals surface area (Å²) in [5.41, 5.74) is -0.0485. The first-order valence-corrected chi connectivity index (χ1v) is 9.74. The molecule has 0 saturated carbocycles. The van der Waals surface area contributed by atoms with E-state index < -0.39 is 28.1 Å². The van der Waals surface area contributed by atoms with E-state index in [2.05, 4.69) is 0 Å². The van der Waals surface area contributed by atoms with Crippen LogP contribution in [0.1, 0.15) is 34.1 Å². The summed E-state index contributed by atoms with van der Waals surface area (Å²) in [5, 5.41) is 11.3. The van der Waals surface area contributed by atoms with Gasteiger partial charge in [-0.2, -0.15) is 0 Å². The number of nitro benzene ring substituents is 1. The molecule has 1 aromatic heterocycles. The third kappa shape index (κ3) is 3.68. The first-order chi connectivity index (χ1) is 14.8. The van der Waals surface area contributed by atoms with Crippen molar-refractivity contribution in [3.8, 4) is 0 Å². The number of benzene rings is 2.